The Morgan fingerprint density at radius 3 is 2.70 bits per heavy atom. The Kier molecular flexibility index (Phi) is 8.21. The molecule has 0 bridgehead atoms. The topological polar surface area (TPSA) is 48.9 Å². The Balaban J connectivity index is 0.00000261. The Morgan fingerprint density at radius 2 is 2.04 bits per heavy atom. The van der Waals surface area contributed by atoms with Gasteiger partial charge in [0.1, 0.15) is 0 Å². The predicted octanol–water partition coefficient (Wildman–Crippen LogP) is 3.50. The van der Waals surface area contributed by atoms with Gasteiger partial charge in [0, 0.05) is 56.4 Å². The summed E-state index contributed by atoms with van der Waals surface area (Å²) in [6.45, 7) is 10.7. The van der Waals surface area contributed by atoms with Gasteiger partial charge in [0.2, 0.25) is 0 Å². The summed E-state index contributed by atoms with van der Waals surface area (Å²) in [5.41, 5.74) is 1.46. The second-order valence-corrected chi connectivity index (χ2v) is 7.96. The maximum Gasteiger partial charge on any atom is 0.191 e. The number of ether oxygens (including phenoxy) is 1. The van der Waals surface area contributed by atoms with Crippen molar-refractivity contribution >= 4 is 35.6 Å². The van der Waals surface area contributed by atoms with Gasteiger partial charge in [-0.05, 0) is 31.9 Å². The molecule has 1 saturated heterocycles. The minimum absolute atomic E-state index is 0. The zero-order valence-electron chi connectivity index (χ0n) is 17.1. The van der Waals surface area contributed by atoms with Gasteiger partial charge in [-0.3, -0.25) is 4.99 Å². The zero-order chi connectivity index (χ0) is 18.6. The SMILES string of the molecule is CCN(CCCNC(=NC)NC1C2CCOC2C1(C)C)c1ccccc1.I. The average Bonchev–Trinajstić information content (AvgIpc) is 3.12. The van der Waals surface area contributed by atoms with Gasteiger partial charge in [-0.2, -0.15) is 0 Å². The van der Waals surface area contributed by atoms with Crippen LogP contribution in [0.2, 0.25) is 0 Å². The lowest BCUT2D eigenvalue weighted by molar-refractivity contribution is -0.106. The molecule has 1 heterocycles. The van der Waals surface area contributed by atoms with Gasteiger partial charge in [-0.15, -0.1) is 24.0 Å². The number of hydrogen-bond acceptors (Lipinski definition) is 3. The van der Waals surface area contributed by atoms with Crippen LogP contribution in [0.25, 0.3) is 0 Å². The van der Waals surface area contributed by atoms with E-state index in [2.05, 4.69) is 71.6 Å². The van der Waals surface area contributed by atoms with E-state index in [4.69, 9.17) is 4.74 Å². The fourth-order valence-corrected chi connectivity index (χ4v) is 4.54. The van der Waals surface area contributed by atoms with Crippen LogP contribution in [0.1, 0.15) is 33.6 Å². The highest BCUT2D eigenvalue weighted by Crippen LogP contribution is 2.52. The maximum absolute atomic E-state index is 5.89. The number of nitrogens with zero attached hydrogens (tertiary/aromatic N) is 2. The van der Waals surface area contributed by atoms with Crippen LogP contribution in [-0.2, 0) is 4.74 Å². The molecule has 5 nitrogen and oxygen atoms in total. The molecule has 2 fully saturated rings. The molecule has 2 aliphatic rings. The normalized spacial score (nSPS) is 25.8. The van der Waals surface area contributed by atoms with Crippen LogP contribution in [0.4, 0.5) is 5.69 Å². The largest absolute Gasteiger partial charge is 0.377 e. The number of nitrogens with one attached hydrogen (secondary N) is 2. The fourth-order valence-electron chi connectivity index (χ4n) is 4.54. The minimum atomic E-state index is 0. The third-order valence-corrected chi connectivity index (χ3v) is 6.02. The molecule has 1 aliphatic heterocycles. The van der Waals surface area contributed by atoms with Gasteiger partial charge < -0.3 is 20.3 Å². The predicted molar refractivity (Wildman–Crippen MR) is 124 cm³/mol. The van der Waals surface area contributed by atoms with Crippen molar-refractivity contribution in [3.8, 4) is 0 Å². The van der Waals surface area contributed by atoms with Crippen LogP contribution >= 0.6 is 24.0 Å². The molecule has 3 atom stereocenters. The van der Waals surface area contributed by atoms with Gasteiger partial charge in [-0.1, -0.05) is 32.0 Å². The quantitative estimate of drug-likeness (QED) is 0.268. The van der Waals surface area contributed by atoms with Gasteiger partial charge in [0.15, 0.2) is 5.96 Å². The third kappa shape index (κ3) is 4.88. The number of hydrogen-bond donors (Lipinski definition) is 2. The molecule has 2 N–H and O–H groups in total. The summed E-state index contributed by atoms with van der Waals surface area (Å²) in [4.78, 5) is 6.83. The van der Waals surface area contributed by atoms with Gasteiger partial charge in [-0.25, -0.2) is 0 Å². The van der Waals surface area contributed by atoms with E-state index in [9.17, 15) is 0 Å². The highest BCUT2D eigenvalue weighted by atomic mass is 127. The summed E-state index contributed by atoms with van der Waals surface area (Å²) in [6, 6.07) is 11.1. The van der Waals surface area contributed by atoms with E-state index in [-0.39, 0.29) is 29.4 Å². The molecule has 27 heavy (non-hydrogen) atoms. The van der Waals surface area contributed by atoms with Crippen molar-refractivity contribution in [3.63, 3.8) is 0 Å². The van der Waals surface area contributed by atoms with Crippen LogP contribution in [0, 0.1) is 11.3 Å². The van der Waals surface area contributed by atoms with E-state index in [1.165, 1.54) is 5.69 Å². The number of aliphatic imine (C=N–C) groups is 1. The Bertz CT molecular complexity index is 607. The molecule has 3 rings (SSSR count). The van der Waals surface area contributed by atoms with Gasteiger partial charge >= 0.3 is 0 Å². The third-order valence-electron chi connectivity index (χ3n) is 6.02. The maximum atomic E-state index is 5.89. The number of anilines is 1. The van der Waals surface area contributed by atoms with E-state index >= 15 is 0 Å². The second-order valence-electron chi connectivity index (χ2n) is 7.96. The van der Waals surface area contributed by atoms with Crippen molar-refractivity contribution in [1.82, 2.24) is 10.6 Å². The molecule has 0 spiro atoms. The highest BCUT2D eigenvalue weighted by molar-refractivity contribution is 14.0. The Hall–Kier alpha value is -1.02. The van der Waals surface area contributed by atoms with Crippen LogP contribution < -0.4 is 15.5 Å². The number of halogens is 1. The van der Waals surface area contributed by atoms with E-state index in [0.717, 1.165) is 45.0 Å². The molecule has 1 aromatic rings. The molecule has 3 unspecified atom stereocenters. The average molecular weight is 486 g/mol. The molecule has 6 heteroatoms. The smallest absolute Gasteiger partial charge is 0.191 e. The van der Waals surface area contributed by atoms with E-state index < -0.39 is 0 Å². The molecule has 0 radical (unpaired) electrons. The zero-order valence-corrected chi connectivity index (χ0v) is 19.4. The first-order valence-electron chi connectivity index (χ1n) is 9.96. The van der Waals surface area contributed by atoms with Gasteiger partial charge in [0.25, 0.3) is 0 Å². The van der Waals surface area contributed by atoms with Crippen molar-refractivity contribution in [1.29, 1.82) is 0 Å². The summed E-state index contributed by atoms with van der Waals surface area (Å²) in [7, 11) is 1.85. The first kappa shape index (κ1) is 22.3. The first-order chi connectivity index (χ1) is 12.6. The van der Waals surface area contributed by atoms with Gasteiger partial charge in [0.05, 0.1) is 6.10 Å². The van der Waals surface area contributed by atoms with Crippen molar-refractivity contribution in [2.75, 3.05) is 38.2 Å². The summed E-state index contributed by atoms with van der Waals surface area (Å²) in [6.07, 6.45) is 2.64. The molecule has 0 amide bonds. The minimum Gasteiger partial charge on any atom is -0.377 e. The molecule has 1 aromatic carbocycles. The first-order valence-corrected chi connectivity index (χ1v) is 9.96. The molecular weight excluding hydrogens is 451 g/mol. The second kappa shape index (κ2) is 9.96. The monoisotopic (exact) mass is 486 g/mol. The van der Waals surface area contributed by atoms with Crippen LogP contribution in [0.5, 0.6) is 0 Å². The molecule has 0 aromatic heterocycles. The standard InChI is InChI=1S/C21H34N4O.HI/c1-5-25(16-10-7-6-8-11-16)14-9-13-23-20(22-4)24-18-17-12-15-26-19(17)21(18,2)3;/h6-8,10-11,17-19H,5,9,12-15H2,1-4H3,(H2,22,23,24);1H. The number of fused-ring (bicyclic) bond motifs is 1. The lowest BCUT2D eigenvalue weighted by atomic mass is 9.57. The molecule has 1 aliphatic carbocycles. The summed E-state index contributed by atoms with van der Waals surface area (Å²) in [5.74, 6) is 1.54. The summed E-state index contributed by atoms with van der Waals surface area (Å²) < 4.78 is 5.89. The summed E-state index contributed by atoms with van der Waals surface area (Å²) in [5, 5.41) is 7.13. The Morgan fingerprint density at radius 1 is 1.30 bits per heavy atom. The van der Waals surface area contributed by atoms with Crippen molar-refractivity contribution in [2.24, 2.45) is 16.3 Å². The number of rotatable bonds is 7. The van der Waals surface area contributed by atoms with E-state index in [0.29, 0.717) is 18.1 Å². The van der Waals surface area contributed by atoms with Crippen molar-refractivity contribution in [3.05, 3.63) is 30.3 Å². The molecule has 152 valence electrons. The van der Waals surface area contributed by atoms with Crippen molar-refractivity contribution in [2.45, 2.75) is 45.8 Å². The number of guanidine groups is 1. The highest BCUT2D eigenvalue weighted by Gasteiger charge is 2.59. The van der Waals surface area contributed by atoms with Crippen molar-refractivity contribution < 1.29 is 4.74 Å². The lowest BCUT2D eigenvalue weighted by Crippen LogP contribution is -2.68. The fraction of sp³-hybridized carbons (Fsp3) is 0.667. The Labute approximate surface area is 181 Å². The van der Waals surface area contributed by atoms with Crippen LogP contribution in [0.15, 0.2) is 35.3 Å². The lowest BCUT2D eigenvalue weighted by Gasteiger charge is -2.54. The molecular formula is C21H35IN4O. The summed E-state index contributed by atoms with van der Waals surface area (Å²) >= 11 is 0. The van der Waals surface area contributed by atoms with Crippen LogP contribution in [-0.4, -0.2) is 51.4 Å². The molecule has 1 saturated carbocycles. The number of benzene rings is 1. The van der Waals surface area contributed by atoms with E-state index in [1.807, 2.05) is 7.05 Å². The van der Waals surface area contributed by atoms with E-state index in [1.54, 1.807) is 0 Å². The van der Waals surface area contributed by atoms with Crippen LogP contribution in [0.3, 0.4) is 0 Å². The number of para-hydroxylation sites is 1.